The topological polar surface area (TPSA) is 58.2 Å². The molecule has 19 heavy (non-hydrogen) atoms. The first-order valence-electron chi connectivity index (χ1n) is 6.79. The van der Waals surface area contributed by atoms with Crippen LogP contribution in [0, 0.1) is 0 Å². The average molecular weight is 262 g/mol. The molecule has 0 aliphatic rings. The first-order chi connectivity index (χ1) is 9.11. The van der Waals surface area contributed by atoms with Gasteiger partial charge in [0.25, 0.3) is 0 Å². The number of hydrogen-bond donors (Lipinski definition) is 2. The van der Waals surface area contributed by atoms with Crippen LogP contribution in [0.3, 0.4) is 0 Å². The molecule has 0 aliphatic carbocycles. The zero-order chi connectivity index (χ0) is 14.1. The summed E-state index contributed by atoms with van der Waals surface area (Å²) in [6.07, 6.45) is 4.90. The lowest BCUT2D eigenvalue weighted by Crippen LogP contribution is -2.12. The number of amides is 2. The summed E-state index contributed by atoms with van der Waals surface area (Å²) in [6, 6.07) is 7.16. The molecule has 1 aromatic rings. The number of carbonyl (C=O) groups excluding carboxylic acids is 2. The highest BCUT2D eigenvalue weighted by atomic mass is 16.2. The van der Waals surface area contributed by atoms with Gasteiger partial charge in [-0.3, -0.25) is 9.59 Å². The van der Waals surface area contributed by atoms with E-state index in [1.54, 1.807) is 18.2 Å². The summed E-state index contributed by atoms with van der Waals surface area (Å²) in [5, 5.41) is 5.53. The fourth-order valence-corrected chi connectivity index (χ4v) is 1.81. The molecular weight excluding hydrogens is 240 g/mol. The van der Waals surface area contributed by atoms with Crippen LogP contribution in [0.4, 0.5) is 11.4 Å². The van der Waals surface area contributed by atoms with Gasteiger partial charge < -0.3 is 10.6 Å². The molecule has 0 saturated heterocycles. The van der Waals surface area contributed by atoms with E-state index in [0.29, 0.717) is 17.8 Å². The Bertz CT molecular complexity index is 430. The van der Waals surface area contributed by atoms with Crippen molar-refractivity contribution < 1.29 is 9.59 Å². The Labute approximate surface area is 114 Å². The van der Waals surface area contributed by atoms with E-state index in [4.69, 9.17) is 0 Å². The van der Waals surface area contributed by atoms with Gasteiger partial charge in [-0.05, 0) is 24.6 Å². The monoisotopic (exact) mass is 262 g/mol. The molecule has 4 heteroatoms. The van der Waals surface area contributed by atoms with Crippen molar-refractivity contribution in [1.29, 1.82) is 0 Å². The third kappa shape index (κ3) is 6.60. The minimum atomic E-state index is -0.122. The summed E-state index contributed by atoms with van der Waals surface area (Å²) < 4.78 is 0. The molecule has 1 aromatic carbocycles. The number of benzene rings is 1. The SMILES string of the molecule is CCCCCCC(=O)Nc1cccc(NC(C)=O)c1. The van der Waals surface area contributed by atoms with Crippen LogP contribution in [0.25, 0.3) is 0 Å². The molecule has 0 saturated carbocycles. The lowest BCUT2D eigenvalue weighted by Gasteiger charge is -2.07. The number of rotatable bonds is 7. The van der Waals surface area contributed by atoms with Crippen LogP contribution >= 0.6 is 0 Å². The van der Waals surface area contributed by atoms with Crippen LogP contribution in [0.1, 0.15) is 46.0 Å². The van der Waals surface area contributed by atoms with Crippen molar-refractivity contribution in [2.75, 3.05) is 10.6 Å². The quantitative estimate of drug-likeness (QED) is 0.738. The van der Waals surface area contributed by atoms with Gasteiger partial charge in [-0.15, -0.1) is 0 Å². The second kappa shape index (κ2) is 8.29. The van der Waals surface area contributed by atoms with Gasteiger partial charge in [0.2, 0.25) is 11.8 Å². The first-order valence-corrected chi connectivity index (χ1v) is 6.79. The van der Waals surface area contributed by atoms with E-state index in [0.717, 1.165) is 12.8 Å². The predicted molar refractivity (Wildman–Crippen MR) is 78.1 cm³/mol. The van der Waals surface area contributed by atoms with Crippen molar-refractivity contribution in [2.45, 2.75) is 46.0 Å². The number of nitrogens with one attached hydrogen (secondary N) is 2. The third-order valence-corrected chi connectivity index (χ3v) is 2.72. The maximum Gasteiger partial charge on any atom is 0.224 e. The van der Waals surface area contributed by atoms with Crippen molar-refractivity contribution in [2.24, 2.45) is 0 Å². The Morgan fingerprint density at radius 1 is 1.05 bits per heavy atom. The molecule has 0 aromatic heterocycles. The molecule has 1 rings (SSSR count). The zero-order valence-corrected chi connectivity index (χ0v) is 11.7. The second-order valence-corrected chi connectivity index (χ2v) is 4.62. The Balaban J connectivity index is 2.43. The largest absolute Gasteiger partial charge is 0.326 e. The second-order valence-electron chi connectivity index (χ2n) is 4.62. The molecule has 0 unspecified atom stereocenters. The van der Waals surface area contributed by atoms with E-state index in [9.17, 15) is 9.59 Å². The molecule has 4 nitrogen and oxygen atoms in total. The van der Waals surface area contributed by atoms with Gasteiger partial charge in [0.1, 0.15) is 0 Å². The van der Waals surface area contributed by atoms with Gasteiger partial charge in [-0.25, -0.2) is 0 Å². The predicted octanol–water partition coefficient (Wildman–Crippen LogP) is 3.55. The number of carbonyl (C=O) groups is 2. The maximum atomic E-state index is 11.7. The Hall–Kier alpha value is -1.84. The highest BCUT2D eigenvalue weighted by Crippen LogP contribution is 2.15. The van der Waals surface area contributed by atoms with Crippen LogP contribution in [-0.4, -0.2) is 11.8 Å². The Kier molecular flexibility index (Phi) is 6.64. The van der Waals surface area contributed by atoms with E-state index in [1.807, 2.05) is 6.07 Å². The van der Waals surface area contributed by atoms with E-state index in [2.05, 4.69) is 17.6 Å². The van der Waals surface area contributed by atoms with E-state index < -0.39 is 0 Å². The van der Waals surface area contributed by atoms with Crippen LogP contribution < -0.4 is 10.6 Å². The van der Waals surface area contributed by atoms with Gasteiger partial charge in [-0.1, -0.05) is 32.3 Å². The highest BCUT2D eigenvalue weighted by molar-refractivity contribution is 5.93. The van der Waals surface area contributed by atoms with Crippen LogP contribution in [0.15, 0.2) is 24.3 Å². The molecular formula is C15H22N2O2. The van der Waals surface area contributed by atoms with Crippen molar-refractivity contribution in [1.82, 2.24) is 0 Å². The van der Waals surface area contributed by atoms with Gasteiger partial charge in [0, 0.05) is 24.7 Å². The minimum Gasteiger partial charge on any atom is -0.326 e. The standard InChI is InChI=1S/C15H22N2O2/c1-3-4-5-6-10-15(19)17-14-9-7-8-13(11-14)16-12(2)18/h7-9,11H,3-6,10H2,1-2H3,(H,16,18)(H,17,19). The normalized spacial score (nSPS) is 10.0. The molecule has 0 atom stereocenters. The smallest absolute Gasteiger partial charge is 0.224 e. The number of unbranched alkanes of at least 4 members (excludes halogenated alkanes) is 3. The van der Waals surface area contributed by atoms with Gasteiger partial charge >= 0.3 is 0 Å². The van der Waals surface area contributed by atoms with Crippen molar-refractivity contribution in [3.05, 3.63) is 24.3 Å². The van der Waals surface area contributed by atoms with Crippen molar-refractivity contribution in [3.8, 4) is 0 Å². The maximum absolute atomic E-state index is 11.7. The molecule has 0 spiro atoms. The summed E-state index contributed by atoms with van der Waals surface area (Å²) in [4.78, 5) is 22.7. The molecule has 2 amide bonds. The summed E-state index contributed by atoms with van der Waals surface area (Å²) in [6.45, 7) is 3.60. The molecule has 2 N–H and O–H groups in total. The van der Waals surface area contributed by atoms with Gasteiger partial charge in [0.05, 0.1) is 0 Å². The van der Waals surface area contributed by atoms with E-state index in [-0.39, 0.29) is 11.8 Å². The molecule has 0 bridgehead atoms. The summed E-state index contributed by atoms with van der Waals surface area (Å²) in [5.41, 5.74) is 1.41. The average Bonchev–Trinajstić information content (AvgIpc) is 2.34. The van der Waals surface area contributed by atoms with Crippen LogP contribution in [-0.2, 0) is 9.59 Å². The lowest BCUT2D eigenvalue weighted by molar-refractivity contribution is -0.116. The van der Waals surface area contributed by atoms with Crippen molar-refractivity contribution in [3.63, 3.8) is 0 Å². The van der Waals surface area contributed by atoms with Gasteiger partial charge in [0.15, 0.2) is 0 Å². The number of anilines is 2. The van der Waals surface area contributed by atoms with Crippen LogP contribution in [0.5, 0.6) is 0 Å². The highest BCUT2D eigenvalue weighted by Gasteiger charge is 2.03. The van der Waals surface area contributed by atoms with Gasteiger partial charge in [-0.2, -0.15) is 0 Å². The molecule has 0 aliphatic heterocycles. The molecule has 0 radical (unpaired) electrons. The minimum absolute atomic E-state index is 0.0241. The molecule has 0 fully saturated rings. The number of hydrogen-bond acceptors (Lipinski definition) is 2. The summed E-state index contributed by atoms with van der Waals surface area (Å²) in [5.74, 6) is -0.0980. The summed E-state index contributed by atoms with van der Waals surface area (Å²) >= 11 is 0. The Morgan fingerprint density at radius 3 is 2.37 bits per heavy atom. The Morgan fingerprint density at radius 2 is 1.74 bits per heavy atom. The fraction of sp³-hybridized carbons (Fsp3) is 0.467. The zero-order valence-electron chi connectivity index (χ0n) is 11.7. The van der Waals surface area contributed by atoms with Crippen molar-refractivity contribution >= 4 is 23.2 Å². The lowest BCUT2D eigenvalue weighted by atomic mass is 10.1. The molecule has 0 heterocycles. The molecule has 104 valence electrons. The van der Waals surface area contributed by atoms with E-state index in [1.165, 1.54) is 19.8 Å². The summed E-state index contributed by atoms with van der Waals surface area (Å²) in [7, 11) is 0. The van der Waals surface area contributed by atoms with Crippen LogP contribution in [0.2, 0.25) is 0 Å². The third-order valence-electron chi connectivity index (χ3n) is 2.72. The fourth-order valence-electron chi connectivity index (χ4n) is 1.81. The first kappa shape index (κ1) is 15.2. The van der Waals surface area contributed by atoms with E-state index >= 15 is 0 Å².